The zero-order valence-corrected chi connectivity index (χ0v) is 21.4. The lowest BCUT2D eigenvalue weighted by molar-refractivity contribution is -0.111. The Morgan fingerprint density at radius 2 is 1.82 bits per heavy atom. The summed E-state index contributed by atoms with van der Waals surface area (Å²) in [5.41, 5.74) is 2.22. The van der Waals surface area contributed by atoms with Gasteiger partial charge in [-0.3, -0.25) is 0 Å². The number of rotatable bonds is 4. The van der Waals surface area contributed by atoms with Crippen molar-refractivity contribution < 1.29 is 0 Å². The molecule has 0 radical (unpaired) electrons. The number of nitrogens with zero attached hydrogens (tertiary/aromatic N) is 2. The largest absolute Gasteiger partial charge is 0.241 e. The predicted octanol–water partition coefficient (Wildman–Crippen LogP) is 8.65. The van der Waals surface area contributed by atoms with Crippen molar-refractivity contribution in [1.29, 1.82) is 0 Å². The summed E-state index contributed by atoms with van der Waals surface area (Å²) in [6, 6.07) is 5.95. The van der Waals surface area contributed by atoms with Gasteiger partial charge in [0, 0.05) is 18.0 Å². The molecule has 0 spiro atoms. The molecule has 33 heavy (non-hydrogen) atoms. The van der Waals surface area contributed by atoms with Crippen LogP contribution in [0.15, 0.2) is 24.4 Å². The summed E-state index contributed by atoms with van der Waals surface area (Å²) in [5.74, 6) is 5.94. The summed E-state index contributed by atoms with van der Waals surface area (Å²) >= 11 is 6.29. The van der Waals surface area contributed by atoms with Gasteiger partial charge in [0.25, 0.3) is 0 Å². The minimum Gasteiger partial charge on any atom is -0.241 e. The van der Waals surface area contributed by atoms with E-state index in [2.05, 4.69) is 24.9 Å². The number of hydrogen-bond acceptors (Lipinski definition) is 2. The Morgan fingerprint density at radius 1 is 0.939 bits per heavy atom. The van der Waals surface area contributed by atoms with Gasteiger partial charge in [-0.2, -0.15) is 0 Å². The highest BCUT2D eigenvalue weighted by Gasteiger charge is 2.59. The van der Waals surface area contributed by atoms with Gasteiger partial charge in [0.2, 0.25) is 0 Å². The Kier molecular flexibility index (Phi) is 5.75. The molecule has 6 rings (SSSR count). The number of aromatic nitrogens is 2. The van der Waals surface area contributed by atoms with Crippen LogP contribution in [0.2, 0.25) is 5.02 Å². The van der Waals surface area contributed by atoms with Gasteiger partial charge in [-0.25, -0.2) is 9.97 Å². The zero-order chi connectivity index (χ0) is 22.6. The van der Waals surface area contributed by atoms with Gasteiger partial charge in [-0.05, 0) is 117 Å². The van der Waals surface area contributed by atoms with Crippen molar-refractivity contribution in [2.45, 2.75) is 97.3 Å². The maximum atomic E-state index is 6.29. The van der Waals surface area contributed by atoms with Crippen molar-refractivity contribution in [2.75, 3.05) is 0 Å². The smallest absolute Gasteiger partial charge is 0.128 e. The third-order valence-electron chi connectivity index (χ3n) is 11.4. The van der Waals surface area contributed by atoms with E-state index in [1.165, 1.54) is 77.0 Å². The lowest BCUT2D eigenvalue weighted by Crippen LogP contribution is -2.52. The topological polar surface area (TPSA) is 25.8 Å². The average Bonchev–Trinajstić information content (AvgIpc) is 3.15. The van der Waals surface area contributed by atoms with Crippen LogP contribution >= 0.6 is 11.6 Å². The number of fused-ring (bicyclic) bond motifs is 6. The second-order valence-electron chi connectivity index (χ2n) is 12.6. The van der Waals surface area contributed by atoms with Gasteiger partial charge < -0.3 is 0 Å². The Labute approximate surface area is 205 Å². The second kappa shape index (κ2) is 8.51. The molecule has 2 aromatic rings. The SMILES string of the molecule is CC12CCCCC1CCC1C2CCC2(C)C(CCCc3ncc4c(Cl)cccc4n3)CCC12. The molecular formula is C30H41ClN2. The summed E-state index contributed by atoms with van der Waals surface area (Å²) in [6.45, 7) is 5.40. The normalized spacial score (nSPS) is 40.3. The van der Waals surface area contributed by atoms with Crippen LogP contribution in [0.1, 0.15) is 96.7 Å². The Hall–Kier alpha value is -1.15. The molecule has 4 aliphatic carbocycles. The van der Waals surface area contributed by atoms with Crippen molar-refractivity contribution in [3.05, 3.63) is 35.2 Å². The molecule has 0 amide bonds. The first kappa shape index (κ1) is 22.3. The van der Waals surface area contributed by atoms with Gasteiger partial charge in [0.1, 0.15) is 5.82 Å². The molecule has 0 saturated heterocycles. The second-order valence-corrected chi connectivity index (χ2v) is 13.0. The van der Waals surface area contributed by atoms with E-state index >= 15 is 0 Å². The van der Waals surface area contributed by atoms with Gasteiger partial charge >= 0.3 is 0 Å². The van der Waals surface area contributed by atoms with E-state index in [0.717, 1.165) is 57.8 Å². The van der Waals surface area contributed by atoms with E-state index in [0.29, 0.717) is 10.8 Å². The highest BCUT2D eigenvalue weighted by molar-refractivity contribution is 6.35. The van der Waals surface area contributed by atoms with Crippen molar-refractivity contribution in [3.63, 3.8) is 0 Å². The summed E-state index contributed by atoms with van der Waals surface area (Å²) in [7, 11) is 0. The van der Waals surface area contributed by atoms with Crippen LogP contribution in [0.3, 0.4) is 0 Å². The van der Waals surface area contributed by atoms with Crippen LogP contribution in [0.5, 0.6) is 0 Å². The molecule has 1 heterocycles. The number of hydrogen-bond donors (Lipinski definition) is 0. The van der Waals surface area contributed by atoms with Crippen LogP contribution in [0, 0.1) is 40.4 Å². The molecule has 3 heteroatoms. The predicted molar refractivity (Wildman–Crippen MR) is 137 cm³/mol. The van der Waals surface area contributed by atoms with Crippen LogP contribution in [0.4, 0.5) is 0 Å². The molecule has 178 valence electrons. The molecule has 1 aromatic carbocycles. The van der Waals surface area contributed by atoms with Crippen molar-refractivity contribution in [2.24, 2.45) is 40.4 Å². The van der Waals surface area contributed by atoms with Crippen LogP contribution in [-0.4, -0.2) is 9.97 Å². The highest BCUT2D eigenvalue weighted by atomic mass is 35.5. The first-order valence-electron chi connectivity index (χ1n) is 13.9. The quantitative estimate of drug-likeness (QED) is 0.452. The molecule has 0 aliphatic heterocycles. The molecule has 0 N–H and O–H groups in total. The molecular weight excluding hydrogens is 424 g/mol. The highest BCUT2D eigenvalue weighted by Crippen LogP contribution is 2.67. The summed E-state index contributed by atoms with van der Waals surface area (Å²) in [6.07, 6.45) is 20.5. The first-order valence-corrected chi connectivity index (χ1v) is 14.3. The minimum absolute atomic E-state index is 0.580. The maximum absolute atomic E-state index is 6.29. The fourth-order valence-electron chi connectivity index (χ4n) is 9.56. The zero-order valence-electron chi connectivity index (χ0n) is 20.7. The number of aryl methyl sites for hydroxylation is 1. The van der Waals surface area contributed by atoms with E-state index in [4.69, 9.17) is 16.6 Å². The molecule has 1 aromatic heterocycles. The van der Waals surface area contributed by atoms with Gasteiger partial charge in [0.15, 0.2) is 0 Å². The number of benzene rings is 1. The number of halogens is 1. The van der Waals surface area contributed by atoms with Crippen LogP contribution in [0.25, 0.3) is 10.9 Å². The fraction of sp³-hybridized carbons (Fsp3) is 0.733. The van der Waals surface area contributed by atoms with Crippen molar-refractivity contribution in [3.8, 4) is 0 Å². The Morgan fingerprint density at radius 3 is 2.73 bits per heavy atom. The van der Waals surface area contributed by atoms with Crippen molar-refractivity contribution >= 4 is 22.5 Å². The first-order chi connectivity index (χ1) is 16.0. The molecule has 7 unspecified atom stereocenters. The molecule has 4 fully saturated rings. The maximum Gasteiger partial charge on any atom is 0.128 e. The van der Waals surface area contributed by atoms with E-state index in [1.54, 1.807) is 0 Å². The summed E-state index contributed by atoms with van der Waals surface area (Å²) in [4.78, 5) is 9.44. The van der Waals surface area contributed by atoms with Gasteiger partial charge in [0.05, 0.1) is 10.5 Å². The molecule has 7 atom stereocenters. The van der Waals surface area contributed by atoms with Gasteiger partial charge in [-0.15, -0.1) is 0 Å². The average molecular weight is 465 g/mol. The van der Waals surface area contributed by atoms with E-state index < -0.39 is 0 Å². The summed E-state index contributed by atoms with van der Waals surface area (Å²) < 4.78 is 0. The molecule has 2 nitrogen and oxygen atoms in total. The third-order valence-corrected chi connectivity index (χ3v) is 11.7. The standard InChI is InChI=1S/C30H41ClN2/c1-29-17-4-3-7-20(29)12-14-22-24-15-13-21(30(24,2)18-16-25(22)29)8-5-11-28-32-19-23-26(31)9-6-10-27(23)33-28/h6,9-10,19-22,24-25H,3-5,7-8,11-18H2,1-2H3. The fourth-order valence-corrected chi connectivity index (χ4v) is 9.78. The van der Waals surface area contributed by atoms with E-state index in [-0.39, 0.29) is 0 Å². The lowest BCUT2D eigenvalue weighted by Gasteiger charge is -2.60. The Bertz CT molecular complexity index is 1020. The third kappa shape index (κ3) is 3.65. The molecule has 4 saturated carbocycles. The Balaban J connectivity index is 1.12. The molecule has 0 bridgehead atoms. The minimum atomic E-state index is 0.580. The van der Waals surface area contributed by atoms with E-state index in [1.807, 2.05) is 18.3 Å². The van der Waals surface area contributed by atoms with Crippen LogP contribution in [-0.2, 0) is 6.42 Å². The molecule has 4 aliphatic rings. The van der Waals surface area contributed by atoms with Gasteiger partial charge in [-0.1, -0.05) is 44.4 Å². The van der Waals surface area contributed by atoms with Crippen molar-refractivity contribution in [1.82, 2.24) is 9.97 Å². The van der Waals surface area contributed by atoms with E-state index in [9.17, 15) is 0 Å². The monoisotopic (exact) mass is 464 g/mol. The van der Waals surface area contributed by atoms with Crippen LogP contribution < -0.4 is 0 Å². The lowest BCUT2D eigenvalue weighted by atomic mass is 9.45. The summed E-state index contributed by atoms with van der Waals surface area (Å²) in [5, 5.41) is 1.71.